The molecule has 2 fully saturated rings. The second-order valence-electron chi connectivity index (χ2n) is 7.97. The van der Waals surface area contributed by atoms with Crippen molar-refractivity contribution in [1.29, 1.82) is 0 Å². The van der Waals surface area contributed by atoms with Crippen LogP contribution >= 0.6 is 0 Å². The molecule has 156 valence electrons. The van der Waals surface area contributed by atoms with Crippen LogP contribution in [0, 0.1) is 6.92 Å². The third-order valence-electron chi connectivity index (χ3n) is 5.27. The maximum absolute atomic E-state index is 12.3. The van der Waals surface area contributed by atoms with E-state index in [1.165, 1.54) is 10.8 Å². The number of nitrogens with one attached hydrogen (secondary N) is 1. The fourth-order valence-corrected chi connectivity index (χ4v) is 3.78. The van der Waals surface area contributed by atoms with E-state index in [-0.39, 0.29) is 12.2 Å². The van der Waals surface area contributed by atoms with Crippen molar-refractivity contribution in [2.75, 3.05) is 6.61 Å². The van der Waals surface area contributed by atoms with Crippen molar-refractivity contribution in [3.8, 4) is 0 Å². The lowest BCUT2D eigenvalue weighted by Crippen LogP contribution is -2.39. The summed E-state index contributed by atoms with van der Waals surface area (Å²) >= 11 is 0. The first-order valence-electron chi connectivity index (χ1n) is 9.77. The highest BCUT2D eigenvalue weighted by atomic mass is 16.8. The number of aromatic nitrogens is 2. The average molecular weight is 402 g/mol. The standard InChI is InChI=1S/C21H26N2O6/c1-13-10-23(20(25)22-19(13)24)17-9-15(26-11-14-7-5-4-6-8-14)18(28-17)16-12-27-21(2,3)29-16/h4-8,10,15-18H,9,11-12H2,1-3H3,(H,22,24,25)/t15-,16-,17-,18+/m0/s1. The van der Waals surface area contributed by atoms with Crippen molar-refractivity contribution in [3.05, 3.63) is 68.5 Å². The van der Waals surface area contributed by atoms with E-state index in [9.17, 15) is 9.59 Å². The summed E-state index contributed by atoms with van der Waals surface area (Å²) in [5, 5.41) is 0. The van der Waals surface area contributed by atoms with Crippen molar-refractivity contribution in [3.63, 3.8) is 0 Å². The highest BCUT2D eigenvalue weighted by Gasteiger charge is 2.47. The van der Waals surface area contributed by atoms with Crippen LogP contribution in [0.25, 0.3) is 0 Å². The molecule has 1 aromatic carbocycles. The van der Waals surface area contributed by atoms with Gasteiger partial charge in [0.25, 0.3) is 5.56 Å². The van der Waals surface area contributed by atoms with Crippen LogP contribution in [0.2, 0.25) is 0 Å². The fourth-order valence-electron chi connectivity index (χ4n) is 3.78. The number of H-pyrrole nitrogens is 1. The lowest BCUT2D eigenvalue weighted by atomic mass is 10.1. The Labute approximate surface area is 168 Å². The number of ether oxygens (including phenoxy) is 4. The summed E-state index contributed by atoms with van der Waals surface area (Å²) in [6.45, 7) is 6.18. The van der Waals surface area contributed by atoms with E-state index < -0.39 is 29.4 Å². The van der Waals surface area contributed by atoms with Gasteiger partial charge in [-0.3, -0.25) is 14.3 Å². The largest absolute Gasteiger partial charge is 0.371 e. The van der Waals surface area contributed by atoms with Gasteiger partial charge in [0.2, 0.25) is 0 Å². The SMILES string of the molecule is Cc1cn([C@@H]2C[C@H](OCc3ccccc3)[C@H]([C@@H]3COC(C)(C)O3)O2)c(=O)[nH]c1=O. The minimum atomic E-state index is -0.693. The molecule has 1 aromatic heterocycles. The molecular formula is C21H26N2O6. The van der Waals surface area contributed by atoms with Gasteiger partial charge < -0.3 is 18.9 Å². The van der Waals surface area contributed by atoms with Crippen LogP contribution < -0.4 is 11.2 Å². The van der Waals surface area contributed by atoms with E-state index in [4.69, 9.17) is 18.9 Å². The van der Waals surface area contributed by atoms with Crippen molar-refractivity contribution >= 4 is 0 Å². The molecular weight excluding hydrogens is 376 g/mol. The third kappa shape index (κ3) is 4.35. The van der Waals surface area contributed by atoms with Crippen molar-refractivity contribution < 1.29 is 18.9 Å². The zero-order valence-corrected chi connectivity index (χ0v) is 16.8. The van der Waals surface area contributed by atoms with Crippen LogP contribution in [0.1, 0.15) is 37.6 Å². The Balaban J connectivity index is 1.56. The Morgan fingerprint density at radius 2 is 2.00 bits per heavy atom. The van der Waals surface area contributed by atoms with E-state index in [1.54, 1.807) is 6.92 Å². The van der Waals surface area contributed by atoms with E-state index in [1.807, 2.05) is 44.2 Å². The van der Waals surface area contributed by atoms with Crippen LogP contribution in [0.3, 0.4) is 0 Å². The highest BCUT2D eigenvalue weighted by molar-refractivity contribution is 5.13. The molecule has 4 rings (SSSR count). The molecule has 4 atom stereocenters. The molecule has 0 unspecified atom stereocenters. The second-order valence-corrected chi connectivity index (χ2v) is 7.97. The number of aromatic amines is 1. The van der Waals surface area contributed by atoms with Crippen molar-refractivity contribution in [1.82, 2.24) is 9.55 Å². The zero-order valence-electron chi connectivity index (χ0n) is 16.8. The molecule has 0 bridgehead atoms. The Morgan fingerprint density at radius 3 is 2.69 bits per heavy atom. The summed E-state index contributed by atoms with van der Waals surface area (Å²) in [6, 6.07) is 9.87. The van der Waals surface area contributed by atoms with Crippen LogP contribution in [0.4, 0.5) is 0 Å². The number of hydrogen-bond donors (Lipinski definition) is 1. The van der Waals surface area contributed by atoms with Gasteiger partial charge in [-0.1, -0.05) is 30.3 Å². The summed E-state index contributed by atoms with van der Waals surface area (Å²) in [6.07, 6.45) is 0.430. The van der Waals surface area contributed by atoms with E-state index in [2.05, 4.69) is 4.98 Å². The van der Waals surface area contributed by atoms with Gasteiger partial charge in [-0.15, -0.1) is 0 Å². The van der Waals surface area contributed by atoms with Gasteiger partial charge in [-0.05, 0) is 26.3 Å². The van der Waals surface area contributed by atoms with Crippen LogP contribution in [-0.2, 0) is 25.6 Å². The molecule has 8 heteroatoms. The zero-order chi connectivity index (χ0) is 20.6. The molecule has 2 aromatic rings. The molecule has 8 nitrogen and oxygen atoms in total. The summed E-state index contributed by atoms with van der Waals surface area (Å²) in [5.74, 6) is -0.693. The molecule has 0 spiro atoms. The Hall–Kier alpha value is -2.26. The summed E-state index contributed by atoms with van der Waals surface area (Å²) < 4.78 is 25.5. The fraction of sp³-hybridized carbons (Fsp3) is 0.524. The first-order chi connectivity index (χ1) is 13.8. The van der Waals surface area contributed by atoms with Gasteiger partial charge in [0.05, 0.1) is 19.3 Å². The normalized spacial score (nSPS) is 28.7. The predicted octanol–water partition coefficient (Wildman–Crippen LogP) is 1.87. The smallest absolute Gasteiger partial charge is 0.330 e. The summed E-state index contributed by atoms with van der Waals surface area (Å²) in [7, 11) is 0. The topological polar surface area (TPSA) is 91.8 Å². The first kappa shape index (κ1) is 20.0. The van der Waals surface area contributed by atoms with Crippen LogP contribution in [0.15, 0.2) is 46.1 Å². The number of rotatable bonds is 5. The minimum absolute atomic E-state index is 0.290. The molecule has 3 heterocycles. The van der Waals surface area contributed by atoms with E-state index >= 15 is 0 Å². The van der Waals surface area contributed by atoms with E-state index in [0.29, 0.717) is 25.2 Å². The summed E-state index contributed by atoms with van der Waals surface area (Å²) in [4.78, 5) is 26.4. The molecule has 29 heavy (non-hydrogen) atoms. The molecule has 0 amide bonds. The van der Waals surface area contributed by atoms with E-state index in [0.717, 1.165) is 5.56 Å². The molecule has 2 saturated heterocycles. The van der Waals surface area contributed by atoms with Crippen LogP contribution in [-0.4, -0.2) is 40.3 Å². The Morgan fingerprint density at radius 1 is 1.24 bits per heavy atom. The second kappa shape index (κ2) is 7.87. The van der Waals surface area contributed by atoms with Gasteiger partial charge in [-0.25, -0.2) is 4.79 Å². The average Bonchev–Trinajstić information content (AvgIpc) is 3.26. The predicted molar refractivity (Wildman–Crippen MR) is 105 cm³/mol. The van der Waals surface area contributed by atoms with Gasteiger partial charge in [0.1, 0.15) is 18.4 Å². The third-order valence-corrected chi connectivity index (χ3v) is 5.27. The molecule has 0 saturated carbocycles. The van der Waals surface area contributed by atoms with Crippen molar-refractivity contribution in [2.45, 2.75) is 64.1 Å². The Bertz CT molecular complexity index is 967. The molecule has 2 aliphatic heterocycles. The number of hydrogen-bond acceptors (Lipinski definition) is 6. The lowest BCUT2D eigenvalue weighted by molar-refractivity contribution is -0.168. The monoisotopic (exact) mass is 402 g/mol. The first-order valence-corrected chi connectivity index (χ1v) is 9.77. The quantitative estimate of drug-likeness (QED) is 0.821. The summed E-state index contributed by atoms with van der Waals surface area (Å²) in [5.41, 5.74) is 0.597. The van der Waals surface area contributed by atoms with Gasteiger partial charge in [0.15, 0.2) is 5.79 Å². The van der Waals surface area contributed by atoms with Gasteiger partial charge >= 0.3 is 5.69 Å². The molecule has 0 aliphatic carbocycles. The van der Waals surface area contributed by atoms with Gasteiger partial charge in [-0.2, -0.15) is 0 Å². The van der Waals surface area contributed by atoms with Crippen molar-refractivity contribution in [2.24, 2.45) is 0 Å². The van der Waals surface area contributed by atoms with Crippen LogP contribution in [0.5, 0.6) is 0 Å². The number of aryl methyl sites for hydroxylation is 1. The Kier molecular flexibility index (Phi) is 5.44. The highest BCUT2D eigenvalue weighted by Crippen LogP contribution is 2.37. The number of benzene rings is 1. The van der Waals surface area contributed by atoms with Gasteiger partial charge in [0, 0.05) is 18.2 Å². The molecule has 1 N–H and O–H groups in total. The lowest BCUT2D eigenvalue weighted by Gasteiger charge is -2.25. The molecule has 0 radical (unpaired) electrons. The number of nitrogens with zero attached hydrogens (tertiary/aromatic N) is 1. The maximum atomic E-state index is 12.3. The minimum Gasteiger partial charge on any atom is -0.371 e. The maximum Gasteiger partial charge on any atom is 0.330 e. The molecule has 2 aliphatic rings.